The van der Waals surface area contributed by atoms with Gasteiger partial charge in [-0.15, -0.1) is 0 Å². The lowest BCUT2D eigenvalue weighted by molar-refractivity contribution is -0.157. The standard InChI is InChI=1S/C81H121N21O22/c1-43(2)35-54(94-68(111)49(84)26-28-66(107)108)70(113)95-55(37-45-22-24-47(103)25-23-45)71(114)91-51(27-29-67(109)110)69(112)96-57(39-63(85)104)73(116)92-52(17-8-10-30-82)77(120)101-34-14-21-62(101)79(122)102-42-65(106)99(5)60(19-12-32-88-81(86)87)74(117)93-53(18-9-11-31-83)76(119)100-33-13-20-61(100)75(118)97-56(38-46-41-89-50-16-7-6-15-48(46)50)72(115)98-58(78(102)121)40-64(105)90-59(80(123)124)36-44(3)4/h6-7,15-16,22-25,41,43-44,49,51-62,89,103H,8-14,17-21,26-40,42,82-84H2,1-5H3,(H2,85,104)(H,90,105)(H,91,114)(H,92,116)(H,93,117)(H,94,111)(H,95,113)(H,96,112)(H,97,118)(H,98,115)(H,107,108)(H,109,110)(H,123,124)(H4,86,87,88)/t49-,51-,52-,53-,54-,55-,56-,57-,58-,59-,60+,61-,62-/m0/s1. The van der Waals surface area contributed by atoms with Crippen LogP contribution >= 0.6 is 0 Å². The largest absolute Gasteiger partial charge is 0.508 e. The van der Waals surface area contributed by atoms with Gasteiger partial charge in [-0.05, 0) is 157 Å². The zero-order chi connectivity index (χ0) is 91.8. The van der Waals surface area contributed by atoms with E-state index >= 15 is 38.4 Å². The minimum absolute atomic E-state index is 0.0175. The Balaban J connectivity index is 1.44. The lowest BCUT2D eigenvalue weighted by atomic mass is 10.00. The van der Waals surface area contributed by atoms with E-state index in [0.717, 1.165) is 16.8 Å². The molecule has 1 aromatic heterocycles. The summed E-state index contributed by atoms with van der Waals surface area (Å²) in [6.07, 6.45) is -3.71. The highest BCUT2D eigenvalue weighted by Crippen LogP contribution is 2.27. The number of phenolic OH excluding ortho intramolecular Hbond substituents is 1. The first-order valence-corrected chi connectivity index (χ1v) is 41.6. The van der Waals surface area contributed by atoms with Crippen molar-refractivity contribution in [3.05, 3.63) is 65.9 Å². The molecule has 0 saturated carbocycles. The normalized spacial score (nSPS) is 19.7. The number of amides is 15. The van der Waals surface area contributed by atoms with Crippen molar-refractivity contribution in [2.45, 2.75) is 247 Å². The number of phenols is 1. The lowest BCUT2D eigenvalue weighted by Crippen LogP contribution is -2.63. The van der Waals surface area contributed by atoms with E-state index in [1.54, 1.807) is 58.2 Å². The monoisotopic (exact) mass is 1740 g/mol. The first-order chi connectivity index (χ1) is 58.7. The van der Waals surface area contributed by atoms with Crippen LogP contribution in [0.5, 0.6) is 5.75 Å². The third-order valence-electron chi connectivity index (χ3n) is 21.5. The predicted octanol–water partition coefficient (Wildman–Crippen LogP) is -3.99. The van der Waals surface area contributed by atoms with Crippen molar-refractivity contribution in [3.8, 4) is 5.75 Å². The summed E-state index contributed by atoms with van der Waals surface area (Å²) in [5.41, 5.74) is 36.2. The summed E-state index contributed by atoms with van der Waals surface area (Å²) < 4.78 is 0. The summed E-state index contributed by atoms with van der Waals surface area (Å²) in [5, 5.41) is 62.9. The number of aliphatic carboxylic acids is 3. The fraction of sp³-hybridized carbons (Fsp3) is 0.593. The van der Waals surface area contributed by atoms with Crippen molar-refractivity contribution in [2.24, 2.45) is 51.2 Å². The first kappa shape index (κ1) is 100. The van der Waals surface area contributed by atoms with Gasteiger partial charge in [0.15, 0.2) is 5.96 Å². The van der Waals surface area contributed by atoms with Crippen molar-refractivity contribution >= 4 is 123 Å². The fourth-order valence-electron chi connectivity index (χ4n) is 14.9. The number of aliphatic imine (C=N–C) groups is 1. The van der Waals surface area contributed by atoms with Crippen LogP contribution in [0.15, 0.2) is 59.7 Å². The Morgan fingerprint density at radius 2 is 1.17 bits per heavy atom. The van der Waals surface area contributed by atoms with E-state index in [1.807, 2.05) is 0 Å². The fourth-order valence-corrected chi connectivity index (χ4v) is 14.9. The number of carbonyl (C=O) groups is 18. The van der Waals surface area contributed by atoms with Crippen LogP contribution in [-0.4, -0.2) is 282 Å². The molecule has 124 heavy (non-hydrogen) atoms. The van der Waals surface area contributed by atoms with E-state index in [1.165, 1.54) is 29.2 Å². The molecule has 0 aliphatic carbocycles. The van der Waals surface area contributed by atoms with Gasteiger partial charge in [-0.2, -0.15) is 0 Å². The molecule has 43 heteroatoms. The molecule has 3 aliphatic heterocycles. The third-order valence-corrected chi connectivity index (χ3v) is 21.5. The number of para-hydroxylation sites is 1. The third kappa shape index (κ3) is 30.9. The number of nitrogens with zero attached hydrogens (tertiary/aromatic N) is 5. The Kier molecular flexibility index (Phi) is 39.7. The van der Waals surface area contributed by atoms with E-state index in [2.05, 4.69) is 57.8 Å². The van der Waals surface area contributed by atoms with Gasteiger partial charge in [0.05, 0.1) is 18.9 Å². The maximum atomic E-state index is 16.2. The highest BCUT2D eigenvalue weighted by Gasteiger charge is 2.47. The summed E-state index contributed by atoms with van der Waals surface area (Å²) in [6, 6.07) is -9.66. The molecule has 15 amide bonds. The Hall–Kier alpha value is -12.4. The van der Waals surface area contributed by atoms with Crippen LogP contribution in [0.1, 0.15) is 167 Å². The Bertz CT molecular complexity index is 4330. The molecule has 3 saturated heterocycles. The number of primary amides is 1. The summed E-state index contributed by atoms with van der Waals surface area (Å²) in [7, 11) is 1.15. The number of H-pyrrole nitrogens is 1. The molecule has 4 heterocycles. The van der Waals surface area contributed by atoms with E-state index in [9.17, 15) is 68.4 Å². The SMILES string of the molecule is CC(C)C[C@H](NC(=O)C[C@@H]1NC(=O)[C@H](Cc2c[nH]c3ccccc23)NC(=O)[C@@H]2CCCN2C(=O)[C@H](CCCCN)NC(=O)[C@@H](CCCN=C(N)N)N(C)C(=O)CN(C(=O)[C@@H]2CCCN2C(=O)[C@H](CCCCN)NC(=O)[C@H](CC(N)=O)NC(=O)[C@H](CCC(=O)O)NC(=O)[C@H](Cc2ccc(O)cc2)NC(=O)[C@H](CC(C)C)NC(=O)[C@@H](N)CCC(=O)O)C1=O)C(=O)O. The van der Waals surface area contributed by atoms with Crippen LogP contribution in [0.2, 0.25) is 0 Å². The quantitative estimate of drug-likeness (QED) is 0.0111. The molecule has 43 nitrogen and oxygen atoms in total. The number of carbonyl (C=O) groups excluding carboxylic acids is 15. The topological polar surface area (TPSA) is 694 Å². The molecule has 0 unspecified atom stereocenters. The highest BCUT2D eigenvalue weighted by molar-refractivity contribution is 6.08. The number of imide groups is 1. The number of aromatic nitrogens is 1. The lowest BCUT2D eigenvalue weighted by Gasteiger charge is -2.36. The minimum atomic E-state index is -2.28. The number of hydrogen-bond donors (Lipinski definition) is 20. The van der Waals surface area contributed by atoms with Gasteiger partial charge >= 0.3 is 17.9 Å². The second kappa shape index (κ2) is 49.0. The number of hydrogen-bond acceptors (Lipinski definition) is 23. The molecular formula is C81H121N21O22. The van der Waals surface area contributed by atoms with E-state index in [0.29, 0.717) is 33.4 Å². The van der Waals surface area contributed by atoms with Crippen LogP contribution in [0.25, 0.3) is 10.9 Å². The van der Waals surface area contributed by atoms with Crippen molar-refractivity contribution < 1.29 is 107 Å². The summed E-state index contributed by atoms with van der Waals surface area (Å²) in [6.45, 7) is 5.17. The highest BCUT2D eigenvalue weighted by atomic mass is 16.4. The second-order valence-corrected chi connectivity index (χ2v) is 32.2. The number of guanidine groups is 1. The molecule has 6 rings (SSSR count). The van der Waals surface area contributed by atoms with Gasteiger partial charge in [-0.25, -0.2) is 4.79 Å². The number of aromatic amines is 1. The Morgan fingerprint density at radius 1 is 0.589 bits per heavy atom. The number of benzene rings is 2. The second-order valence-electron chi connectivity index (χ2n) is 32.2. The predicted molar refractivity (Wildman–Crippen MR) is 446 cm³/mol. The maximum Gasteiger partial charge on any atom is 0.326 e. The molecule has 0 spiro atoms. The van der Waals surface area contributed by atoms with Gasteiger partial charge in [-0.3, -0.25) is 91.4 Å². The average molecular weight is 1740 g/mol. The number of likely N-dealkylation sites (N-methyl/N-ethyl adjacent to an activating group) is 1. The molecule has 13 atom stereocenters. The molecular weight excluding hydrogens is 1620 g/mol. The number of nitrogens with two attached hydrogens (primary N) is 6. The van der Waals surface area contributed by atoms with Gasteiger partial charge in [0.1, 0.15) is 84.8 Å². The van der Waals surface area contributed by atoms with Gasteiger partial charge in [0, 0.05) is 69.5 Å². The van der Waals surface area contributed by atoms with E-state index in [-0.39, 0.29) is 159 Å². The number of likely N-dealkylation sites (tertiary alicyclic amines) is 1. The molecule has 0 bridgehead atoms. The smallest absolute Gasteiger partial charge is 0.326 e. The molecule has 2 aromatic carbocycles. The maximum absolute atomic E-state index is 16.2. The zero-order valence-electron chi connectivity index (χ0n) is 70.5. The number of aromatic hydroxyl groups is 1. The summed E-state index contributed by atoms with van der Waals surface area (Å²) in [4.78, 5) is 270. The molecule has 3 fully saturated rings. The first-order valence-electron chi connectivity index (χ1n) is 41.6. The van der Waals surface area contributed by atoms with Gasteiger partial charge in [0.2, 0.25) is 76.8 Å². The molecule has 682 valence electrons. The van der Waals surface area contributed by atoms with Crippen LogP contribution in [-0.2, 0) is 99.1 Å². The van der Waals surface area contributed by atoms with Crippen LogP contribution in [0.4, 0.5) is 0 Å². The van der Waals surface area contributed by atoms with Crippen LogP contribution in [0, 0.1) is 11.8 Å². The Morgan fingerprint density at radius 3 is 1.81 bits per heavy atom. The van der Waals surface area contributed by atoms with Crippen molar-refractivity contribution in [3.63, 3.8) is 0 Å². The van der Waals surface area contributed by atoms with E-state index in [4.69, 9.17) is 34.4 Å². The Labute approximate surface area is 716 Å². The van der Waals surface area contributed by atoms with Crippen LogP contribution < -0.4 is 82.3 Å². The van der Waals surface area contributed by atoms with E-state index < -0.39 is 224 Å². The number of nitrogens with one attached hydrogen (secondary N) is 10. The zero-order valence-corrected chi connectivity index (χ0v) is 70.5. The summed E-state index contributed by atoms with van der Waals surface area (Å²) in [5.74, 6) is -22.3. The van der Waals surface area contributed by atoms with Gasteiger partial charge < -0.3 is 122 Å². The molecule has 0 radical (unpaired) electrons. The molecule has 3 aromatic rings. The van der Waals surface area contributed by atoms with Crippen molar-refractivity contribution in [1.82, 2.24) is 72.4 Å². The average Bonchev–Trinajstić information content (AvgIpc) is 1.47. The van der Waals surface area contributed by atoms with Crippen LogP contribution in [0.3, 0.4) is 0 Å². The molecule has 3 aliphatic rings. The van der Waals surface area contributed by atoms with Gasteiger partial charge in [-0.1, -0.05) is 58.0 Å². The number of fused-ring (bicyclic) bond motifs is 2. The number of unbranched alkanes of at least 4 members (excludes halogenated alkanes) is 2. The van der Waals surface area contributed by atoms with Crippen molar-refractivity contribution in [1.29, 1.82) is 0 Å². The molecule has 26 N–H and O–H groups in total. The minimum Gasteiger partial charge on any atom is -0.508 e. The van der Waals surface area contributed by atoms with Crippen molar-refractivity contribution in [2.75, 3.05) is 46.3 Å². The number of carboxylic acid groups (broad SMARTS) is 3. The number of carboxylic acids is 3. The number of rotatable bonds is 44. The summed E-state index contributed by atoms with van der Waals surface area (Å²) >= 11 is 0. The van der Waals surface area contributed by atoms with Gasteiger partial charge in [0.25, 0.3) is 11.8 Å².